The molecule has 33 heavy (non-hydrogen) atoms. The molecule has 1 aliphatic heterocycles. The van der Waals surface area contributed by atoms with Gasteiger partial charge >= 0.3 is 5.69 Å². The minimum atomic E-state index is -0.474. The summed E-state index contributed by atoms with van der Waals surface area (Å²) in [5, 5.41) is 15.5. The number of hydrogen-bond donors (Lipinski definition) is 1. The lowest BCUT2D eigenvalue weighted by Gasteiger charge is -2.36. The van der Waals surface area contributed by atoms with E-state index in [0.717, 1.165) is 15.8 Å². The molecule has 1 aliphatic rings. The molecule has 2 aromatic carbocycles. The standard InChI is InChI=1S/C22H20FN7O2S/c1-14-6-7-16-18(12-14)33-22(26-16)27-20-19(30(31)32)21(25-13-24-20)29-10-8-28(9-11-29)17-5-3-2-4-15(17)23/h2-7,12-13H,8-11H2,1H3,(H,24,25,26,27). The highest BCUT2D eigenvalue weighted by Gasteiger charge is 2.30. The topological polar surface area (TPSA) is 100 Å². The molecule has 3 heterocycles. The minimum absolute atomic E-state index is 0.0947. The second-order valence-electron chi connectivity index (χ2n) is 7.69. The summed E-state index contributed by atoms with van der Waals surface area (Å²) in [6.07, 6.45) is 1.31. The predicted octanol–water partition coefficient (Wildman–Crippen LogP) is 4.51. The molecule has 0 unspecified atom stereocenters. The third-order valence-electron chi connectivity index (χ3n) is 5.53. The van der Waals surface area contributed by atoms with Gasteiger partial charge in [-0.2, -0.15) is 0 Å². The van der Waals surface area contributed by atoms with Crippen LogP contribution in [0.1, 0.15) is 5.56 Å². The second-order valence-corrected chi connectivity index (χ2v) is 8.72. The Bertz CT molecular complexity index is 1340. The van der Waals surface area contributed by atoms with Crippen LogP contribution in [-0.4, -0.2) is 46.1 Å². The Labute approximate surface area is 192 Å². The Kier molecular flexibility index (Phi) is 5.47. The number of nitrogens with zero attached hydrogens (tertiary/aromatic N) is 6. The number of aryl methyl sites for hydroxylation is 1. The molecular weight excluding hydrogens is 445 g/mol. The molecule has 0 saturated carbocycles. The maximum Gasteiger partial charge on any atom is 0.353 e. The normalized spacial score (nSPS) is 14.0. The number of aromatic nitrogens is 3. The smallest absolute Gasteiger partial charge is 0.353 e. The molecule has 5 rings (SSSR count). The van der Waals surface area contributed by atoms with Crippen molar-refractivity contribution in [1.82, 2.24) is 15.0 Å². The molecule has 1 saturated heterocycles. The first-order chi connectivity index (χ1) is 16.0. The Morgan fingerprint density at radius 2 is 1.85 bits per heavy atom. The molecule has 0 aliphatic carbocycles. The number of nitrogens with one attached hydrogen (secondary N) is 1. The highest BCUT2D eigenvalue weighted by atomic mass is 32.1. The maximum absolute atomic E-state index is 14.1. The summed E-state index contributed by atoms with van der Waals surface area (Å²) in [7, 11) is 0. The van der Waals surface area contributed by atoms with Crippen LogP contribution in [0.3, 0.4) is 0 Å². The lowest BCUT2D eigenvalue weighted by Crippen LogP contribution is -2.47. The lowest BCUT2D eigenvalue weighted by molar-refractivity contribution is -0.383. The van der Waals surface area contributed by atoms with E-state index in [-0.39, 0.29) is 23.1 Å². The molecule has 0 atom stereocenters. The summed E-state index contributed by atoms with van der Waals surface area (Å²) in [5.41, 5.74) is 2.26. The SMILES string of the molecule is Cc1ccc2nc(Nc3ncnc(N4CCN(c5ccccc5F)CC4)c3[N+](=O)[O-])sc2c1. The van der Waals surface area contributed by atoms with E-state index in [0.29, 0.717) is 37.0 Å². The molecule has 11 heteroatoms. The predicted molar refractivity (Wildman–Crippen MR) is 127 cm³/mol. The van der Waals surface area contributed by atoms with Gasteiger partial charge in [0.2, 0.25) is 11.6 Å². The molecule has 1 fully saturated rings. The number of nitro groups is 1. The van der Waals surface area contributed by atoms with E-state index in [4.69, 9.17) is 0 Å². The average Bonchev–Trinajstić information content (AvgIpc) is 3.20. The van der Waals surface area contributed by atoms with E-state index in [9.17, 15) is 14.5 Å². The van der Waals surface area contributed by atoms with Crippen molar-refractivity contribution in [2.24, 2.45) is 0 Å². The fourth-order valence-electron chi connectivity index (χ4n) is 3.91. The van der Waals surface area contributed by atoms with E-state index in [1.807, 2.05) is 34.9 Å². The van der Waals surface area contributed by atoms with Gasteiger partial charge in [0.25, 0.3) is 0 Å². The third kappa shape index (κ3) is 4.14. The van der Waals surface area contributed by atoms with Crippen molar-refractivity contribution < 1.29 is 9.31 Å². The van der Waals surface area contributed by atoms with Crippen LogP contribution in [0, 0.1) is 22.9 Å². The number of hydrogen-bond acceptors (Lipinski definition) is 9. The number of fused-ring (bicyclic) bond motifs is 1. The Hall–Kier alpha value is -3.86. The molecule has 4 aromatic rings. The van der Waals surface area contributed by atoms with E-state index in [1.165, 1.54) is 23.7 Å². The van der Waals surface area contributed by atoms with Crippen LogP contribution in [0.25, 0.3) is 10.2 Å². The fraction of sp³-hybridized carbons (Fsp3) is 0.227. The van der Waals surface area contributed by atoms with Gasteiger partial charge in [0.1, 0.15) is 12.1 Å². The molecule has 0 bridgehead atoms. The number of anilines is 4. The van der Waals surface area contributed by atoms with Crippen molar-refractivity contribution in [3.63, 3.8) is 0 Å². The molecule has 2 aromatic heterocycles. The second kappa shape index (κ2) is 8.58. The van der Waals surface area contributed by atoms with E-state index in [1.54, 1.807) is 18.2 Å². The quantitative estimate of drug-likeness (QED) is 0.339. The van der Waals surface area contributed by atoms with Crippen LogP contribution in [0.4, 0.5) is 32.5 Å². The van der Waals surface area contributed by atoms with E-state index in [2.05, 4.69) is 20.3 Å². The number of thiazole rings is 1. The van der Waals surface area contributed by atoms with Crippen LogP contribution in [0.5, 0.6) is 0 Å². The molecule has 0 amide bonds. The van der Waals surface area contributed by atoms with Gasteiger partial charge in [0.05, 0.1) is 20.8 Å². The maximum atomic E-state index is 14.1. The Morgan fingerprint density at radius 1 is 1.09 bits per heavy atom. The van der Waals surface area contributed by atoms with Crippen molar-refractivity contribution in [3.8, 4) is 0 Å². The summed E-state index contributed by atoms with van der Waals surface area (Å²) in [4.78, 5) is 28.2. The van der Waals surface area contributed by atoms with Gasteiger partial charge in [-0.25, -0.2) is 19.3 Å². The fourth-order valence-corrected chi connectivity index (χ4v) is 4.88. The minimum Gasteiger partial charge on any atom is -0.366 e. The van der Waals surface area contributed by atoms with Gasteiger partial charge < -0.3 is 15.1 Å². The molecule has 1 N–H and O–H groups in total. The summed E-state index contributed by atoms with van der Waals surface area (Å²) >= 11 is 1.41. The van der Waals surface area contributed by atoms with Gasteiger partial charge in [0.15, 0.2) is 5.13 Å². The van der Waals surface area contributed by atoms with Crippen molar-refractivity contribution in [1.29, 1.82) is 0 Å². The highest BCUT2D eigenvalue weighted by molar-refractivity contribution is 7.22. The number of halogens is 1. The van der Waals surface area contributed by atoms with Crippen LogP contribution in [0.2, 0.25) is 0 Å². The Morgan fingerprint density at radius 3 is 2.61 bits per heavy atom. The Balaban J connectivity index is 1.40. The van der Waals surface area contributed by atoms with Gasteiger partial charge in [-0.3, -0.25) is 10.1 Å². The average molecular weight is 466 g/mol. The number of rotatable bonds is 5. The first-order valence-electron chi connectivity index (χ1n) is 10.4. The summed E-state index contributed by atoms with van der Waals surface area (Å²) < 4.78 is 15.1. The lowest BCUT2D eigenvalue weighted by atomic mass is 10.2. The first kappa shape index (κ1) is 21.0. The number of benzene rings is 2. The molecular formula is C22H20FN7O2S. The largest absolute Gasteiger partial charge is 0.366 e. The molecule has 0 radical (unpaired) electrons. The highest BCUT2D eigenvalue weighted by Crippen LogP contribution is 2.36. The zero-order valence-electron chi connectivity index (χ0n) is 17.7. The molecule has 0 spiro atoms. The number of para-hydroxylation sites is 1. The molecule has 168 valence electrons. The summed E-state index contributed by atoms with van der Waals surface area (Å²) in [6.45, 7) is 3.96. The van der Waals surface area contributed by atoms with Crippen LogP contribution in [-0.2, 0) is 0 Å². The monoisotopic (exact) mass is 465 g/mol. The van der Waals surface area contributed by atoms with E-state index >= 15 is 0 Å². The van der Waals surface area contributed by atoms with Gasteiger partial charge in [0, 0.05) is 26.2 Å². The van der Waals surface area contributed by atoms with Gasteiger partial charge in [-0.1, -0.05) is 29.5 Å². The van der Waals surface area contributed by atoms with Crippen molar-refractivity contribution in [3.05, 3.63) is 70.3 Å². The number of piperazine rings is 1. The van der Waals surface area contributed by atoms with Crippen molar-refractivity contribution in [2.75, 3.05) is 41.3 Å². The van der Waals surface area contributed by atoms with Crippen LogP contribution in [0.15, 0.2) is 48.8 Å². The molecule has 9 nitrogen and oxygen atoms in total. The summed E-state index contributed by atoms with van der Waals surface area (Å²) in [6, 6.07) is 12.5. The zero-order chi connectivity index (χ0) is 22.9. The third-order valence-corrected chi connectivity index (χ3v) is 6.46. The van der Waals surface area contributed by atoms with E-state index < -0.39 is 4.92 Å². The van der Waals surface area contributed by atoms with Gasteiger partial charge in [-0.05, 0) is 36.8 Å². The summed E-state index contributed by atoms with van der Waals surface area (Å²) in [5.74, 6) is 0.0523. The van der Waals surface area contributed by atoms with Gasteiger partial charge in [-0.15, -0.1) is 0 Å². The first-order valence-corrected chi connectivity index (χ1v) is 11.2. The van der Waals surface area contributed by atoms with Crippen LogP contribution < -0.4 is 15.1 Å². The van der Waals surface area contributed by atoms with Crippen molar-refractivity contribution >= 4 is 49.7 Å². The van der Waals surface area contributed by atoms with Crippen LogP contribution >= 0.6 is 11.3 Å². The zero-order valence-corrected chi connectivity index (χ0v) is 18.5. The van der Waals surface area contributed by atoms with Crippen molar-refractivity contribution in [2.45, 2.75) is 6.92 Å².